The average Bonchev–Trinajstić information content (AvgIpc) is 3.36. The Morgan fingerprint density at radius 2 is 2.14 bits per heavy atom. The predicted octanol–water partition coefficient (Wildman–Crippen LogP) is 1.58. The van der Waals surface area contributed by atoms with E-state index in [-0.39, 0.29) is 30.5 Å². The highest BCUT2D eigenvalue weighted by Gasteiger charge is 2.17. The van der Waals surface area contributed by atoms with Gasteiger partial charge in [0.15, 0.2) is 5.65 Å². The van der Waals surface area contributed by atoms with Gasteiger partial charge in [-0.15, -0.1) is 0 Å². The van der Waals surface area contributed by atoms with Gasteiger partial charge in [0.05, 0.1) is 18.0 Å². The molecule has 8 heteroatoms. The minimum Gasteiger partial charge on any atom is -0.376 e. The quantitative estimate of drug-likeness (QED) is 0.700. The van der Waals surface area contributed by atoms with Crippen LogP contribution in [0.4, 0.5) is 0 Å². The van der Waals surface area contributed by atoms with Crippen molar-refractivity contribution in [2.24, 2.45) is 0 Å². The Balaban J connectivity index is 1.50. The number of aryl methyl sites for hydroxylation is 1. The van der Waals surface area contributed by atoms with Gasteiger partial charge in [-0.25, -0.2) is 9.67 Å². The Morgan fingerprint density at radius 1 is 1.32 bits per heavy atom. The first-order valence-electron chi connectivity index (χ1n) is 9.52. The van der Waals surface area contributed by atoms with Crippen molar-refractivity contribution < 1.29 is 9.53 Å². The van der Waals surface area contributed by atoms with E-state index in [1.807, 2.05) is 30.3 Å². The lowest BCUT2D eigenvalue weighted by atomic mass is 10.2. The molecule has 2 aromatic heterocycles. The Labute approximate surface area is 162 Å². The minimum atomic E-state index is -0.184. The van der Waals surface area contributed by atoms with E-state index >= 15 is 0 Å². The fourth-order valence-electron chi connectivity index (χ4n) is 3.46. The molecule has 28 heavy (non-hydrogen) atoms. The summed E-state index contributed by atoms with van der Waals surface area (Å²) in [5, 5.41) is 7.64. The van der Waals surface area contributed by atoms with E-state index in [2.05, 4.69) is 15.4 Å². The first-order chi connectivity index (χ1) is 13.6. The SMILES string of the molecule is Cc1nc2c(cnn2-c2ccccc2)c(=O)n1CCC(=O)NCC1CCCO1. The third kappa shape index (κ3) is 3.68. The lowest BCUT2D eigenvalue weighted by molar-refractivity contribution is -0.121. The van der Waals surface area contributed by atoms with Crippen molar-refractivity contribution in [3.8, 4) is 5.69 Å². The standard InChI is InChI=1S/C20H23N5O3/c1-14-23-19-17(13-22-25(19)15-6-3-2-4-7-15)20(27)24(14)10-9-18(26)21-12-16-8-5-11-28-16/h2-4,6-7,13,16H,5,8-12H2,1H3,(H,21,26). The zero-order valence-electron chi connectivity index (χ0n) is 15.8. The number of benzene rings is 1. The van der Waals surface area contributed by atoms with Gasteiger partial charge in [-0.2, -0.15) is 5.10 Å². The molecular weight excluding hydrogens is 358 g/mol. The van der Waals surface area contributed by atoms with E-state index < -0.39 is 0 Å². The van der Waals surface area contributed by atoms with Crippen LogP contribution in [0.3, 0.4) is 0 Å². The maximum atomic E-state index is 12.9. The van der Waals surface area contributed by atoms with Crippen LogP contribution >= 0.6 is 0 Å². The largest absolute Gasteiger partial charge is 0.376 e. The van der Waals surface area contributed by atoms with Crippen molar-refractivity contribution in [2.75, 3.05) is 13.2 Å². The van der Waals surface area contributed by atoms with Crippen LogP contribution in [0.1, 0.15) is 25.1 Å². The third-order valence-corrected chi connectivity index (χ3v) is 4.99. The molecule has 3 heterocycles. The zero-order valence-corrected chi connectivity index (χ0v) is 15.8. The second-order valence-electron chi connectivity index (χ2n) is 6.93. The van der Waals surface area contributed by atoms with E-state index in [0.29, 0.717) is 23.4 Å². The molecule has 146 valence electrons. The summed E-state index contributed by atoms with van der Waals surface area (Å²) < 4.78 is 8.69. The van der Waals surface area contributed by atoms with Crippen LogP contribution in [0.2, 0.25) is 0 Å². The molecule has 4 rings (SSSR count). The van der Waals surface area contributed by atoms with Gasteiger partial charge in [0.25, 0.3) is 5.56 Å². The summed E-state index contributed by atoms with van der Waals surface area (Å²) >= 11 is 0. The van der Waals surface area contributed by atoms with Gasteiger partial charge in [0, 0.05) is 26.1 Å². The Bertz CT molecular complexity index is 1040. The number of amides is 1. The van der Waals surface area contributed by atoms with Crippen molar-refractivity contribution in [2.45, 2.75) is 38.8 Å². The third-order valence-electron chi connectivity index (χ3n) is 4.99. The summed E-state index contributed by atoms with van der Waals surface area (Å²) in [6, 6.07) is 9.56. The van der Waals surface area contributed by atoms with Crippen LogP contribution in [0, 0.1) is 6.92 Å². The zero-order chi connectivity index (χ0) is 19.5. The molecule has 8 nitrogen and oxygen atoms in total. The maximum absolute atomic E-state index is 12.9. The fourth-order valence-corrected chi connectivity index (χ4v) is 3.46. The highest BCUT2D eigenvalue weighted by atomic mass is 16.5. The van der Waals surface area contributed by atoms with E-state index in [0.717, 1.165) is 25.1 Å². The summed E-state index contributed by atoms with van der Waals surface area (Å²) in [5.74, 6) is 0.462. The molecule has 1 unspecified atom stereocenters. The molecule has 0 radical (unpaired) electrons. The normalized spacial score (nSPS) is 16.5. The summed E-state index contributed by atoms with van der Waals surface area (Å²) in [4.78, 5) is 29.6. The van der Waals surface area contributed by atoms with Crippen molar-refractivity contribution in [1.82, 2.24) is 24.6 Å². The summed E-state index contributed by atoms with van der Waals surface area (Å²) in [6.07, 6.45) is 3.87. The predicted molar refractivity (Wildman–Crippen MR) is 104 cm³/mol. The number of aromatic nitrogens is 4. The van der Waals surface area contributed by atoms with Crippen LogP contribution in [0.25, 0.3) is 16.7 Å². The second-order valence-corrected chi connectivity index (χ2v) is 6.93. The number of para-hydroxylation sites is 1. The van der Waals surface area contributed by atoms with Crippen LogP contribution in [-0.2, 0) is 16.1 Å². The molecule has 1 fully saturated rings. The van der Waals surface area contributed by atoms with Crippen molar-refractivity contribution in [1.29, 1.82) is 0 Å². The molecule has 0 saturated carbocycles. The molecule has 0 aliphatic carbocycles. The first kappa shape index (κ1) is 18.4. The minimum absolute atomic E-state index is 0.0955. The number of fused-ring (bicyclic) bond motifs is 1. The lowest BCUT2D eigenvalue weighted by Crippen LogP contribution is -2.33. The van der Waals surface area contributed by atoms with Crippen LogP contribution in [0.15, 0.2) is 41.3 Å². The van der Waals surface area contributed by atoms with Crippen molar-refractivity contribution in [3.63, 3.8) is 0 Å². The molecule has 1 N–H and O–H groups in total. The molecule has 3 aromatic rings. The Morgan fingerprint density at radius 3 is 2.89 bits per heavy atom. The molecule has 1 atom stereocenters. The van der Waals surface area contributed by atoms with Gasteiger partial charge in [0.1, 0.15) is 11.2 Å². The molecule has 0 spiro atoms. The van der Waals surface area contributed by atoms with E-state index in [9.17, 15) is 9.59 Å². The highest BCUT2D eigenvalue weighted by molar-refractivity contribution is 5.76. The first-order valence-corrected chi connectivity index (χ1v) is 9.52. The average molecular weight is 381 g/mol. The number of nitrogens with one attached hydrogen (secondary N) is 1. The van der Waals surface area contributed by atoms with Gasteiger partial charge in [0.2, 0.25) is 5.91 Å². The number of hydrogen-bond donors (Lipinski definition) is 1. The molecule has 1 saturated heterocycles. The van der Waals surface area contributed by atoms with Gasteiger partial charge in [-0.3, -0.25) is 14.2 Å². The van der Waals surface area contributed by atoms with Crippen LogP contribution in [-0.4, -0.2) is 44.5 Å². The molecule has 1 aliphatic rings. The number of carbonyl (C=O) groups excluding carboxylic acids is 1. The van der Waals surface area contributed by atoms with Gasteiger partial charge in [-0.05, 0) is 31.9 Å². The van der Waals surface area contributed by atoms with E-state index in [1.54, 1.807) is 11.6 Å². The molecule has 1 amide bonds. The topological polar surface area (TPSA) is 91.0 Å². The van der Waals surface area contributed by atoms with Gasteiger partial charge in [-0.1, -0.05) is 18.2 Å². The van der Waals surface area contributed by atoms with Crippen LogP contribution in [0.5, 0.6) is 0 Å². The molecule has 1 aromatic carbocycles. The van der Waals surface area contributed by atoms with E-state index in [1.165, 1.54) is 10.8 Å². The number of ether oxygens (including phenoxy) is 1. The number of rotatable bonds is 6. The fraction of sp³-hybridized carbons (Fsp3) is 0.400. The van der Waals surface area contributed by atoms with Gasteiger partial charge < -0.3 is 10.1 Å². The number of hydrogen-bond acceptors (Lipinski definition) is 5. The smallest absolute Gasteiger partial charge is 0.264 e. The molecular formula is C20H23N5O3. The van der Waals surface area contributed by atoms with Gasteiger partial charge >= 0.3 is 0 Å². The lowest BCUT2D eigenvalue weighted by Gasteiger charge is -2.12. The van der Waals surface area contributed by atoms with Crippen molar-refractivity contribution >= 4 is 16.9 Å². The highest BCUT2D eigenvalue weighted by Crippen LogP contribution is 2.14. The monoisotopic (exact) mass is 381 g/mol. The molecule has 0 bridgehead atoms. The molecule has 1 aliphatic heterocycles. The summed E-state index contributed by atoms with van der Waals surface area (Å²) in [6.45, 7) is 3.33. The number of carbonyl (C=O) groups is 1. The van der Waals surface area contributed by atoms with Crippen molar-refractivity contribution in [3.05, 3.63) is 52.7 Å². The Kier molecular flexibility index (Phi) is 5.21. The summed E-state index contributed by atoms with van der Waals surface area (Å²) in [7, 11) is 0. The number of nitrogens with zero attached hydrogens (tertiary/aromatic N) is 4. The summed E-state index contributed by atoms with van der Waals surface area (Å²) in [5.41, 5.74) is 1.18. The maximum Gasteiger partial charge on any atom is 0.264 e. The van der Waals surface area contributed by atoms with E-state index in [4.69, 9.17) is 4.74 Å². The Hall–Kier alpha value is -3.00. The second kappa shape index (κ2) is 7.93. The van der Waals surface area contributed by atoms with Crippen LogP contribution < -0.4 is 10.9 Å².